The van der Waals surface area contributed by atoms with Crippen molar-refractivity contribution in [2.24, 2.45) is 33.5 Å². The first-order chi connectivity index (χ1) is 12.8. The minimum Gasteiger partial charge on any atom is -0.311 e. The van der Waals surface area contributed by atoms with Gasteiger partial charge in [-0.1, -0.05) is 55.4 Å². The second-order valence-electron chi connectivity index (χ2n) is 12.6. The van der Waals surface area contributed by atoms with Gasteiger partial charge in [0.2, 0.25) is 0 Å². The van der Waals surface area contributed by atoms with Gasteiger partial charge in [-0.3, -0.25) is 0 Å². The van der Waals surface area contributed by atoms with E-state index >= 15 is 0 Å². The number of nitrogens with one attached hydrogen (secondary N) is 1. The summed E-state index contributed by atoms with van der Waals surface area (Å²) in [5, 5.41) is 4.16. The highest BCUT2D eigenvalue weighted by Crippen LogP contribution is 2.53. The zero-order valence-corrected chi connectivity index (χ0v) is 21.2. The molecule has 166 valence electrons. The van der Waals surface area contributed by atoms with Crippen molar-refractivity contribution >= 4 is 0 Å². The predicted molar refractivity (Wildman–Crippen MR) is 126 cm³/mol. The monoisotopic (exact) mass is 391 g/mol. The molecule has 0 bridgehead atoms. The molecule has 0 amide bonds. The van der Waals surface area contributed by atoms with Gasteiger partial charge >= 0.3 is 0 Å². The number of hydrogen-bond acceptors (Lipinski definition) is 1. The molecule has 0 spiro atoms. The lowest BCUT2D eigenvalue weighted by atomic mass is 9.57. The van der Waals surface area contributed by atoms with Crippen LogP contribution >= 0.6 is 0 Å². The van der Waals surface area contributed by atoms with E-state index in [-0.39, 0.29) is 0 Å². The lowest BCUT2D eigenvalue weighted by Crippen LogP contribution is -2.54. The Morgan fingerprint density at radius 3 is 1.29 bits per heavy atom. The molecule has 2 aliphatic rings. The van der Waals surface area contributed by atoms with Crippen LogP contribution in [-0.2, 0) is 0 Å². The Balaban J connectivity index is 2.00. The minimum absolute atomic E-state index is 0.457. The maximum absolute atomic E-state index is 4.16. The molecule has 0 aromatic carbocycles. The summed E-state index contributed by atoms with van der Waals surface area (Å²) in [6.07, 6.45) is 12.5. The lowest BCUT2D eigenvalue weighted by molar-refractivity contribution is 0.00679. The molecular formula is C27H53N. The van der Waals surface area contributed by atoms with E-state index in [9.17, 15) is 0 Å². The highest BCUT2D eigenvalue weighted by molar-refractivity contribution is 5.00. The van der Waals surface area contributed by atoms with Crippen LogP contribution in [0.3, 0.4) is 0 Å². The van der Waals surface area contributed by atoms with E-state index in [0.29, 0.717) is 33.7 Å². The van der Waals surface area contributed by atoms with E-state index in [0.717, 1.165) is 11.8 Å². The van der Waals surface area contributed by atoms with Gasteiger partial charge in [0.25, 0.3) is 0 Å². The SMILES string of the molecule is CCC1(C(C)NC(C)C2(C)CCC(C)(C(C)C)CC2)CCC(C)(C(C)C)CC1. The van der Waals surface area contributed by atoms with Crippen molar-refractivity contribution < 1.29 is 0 Å². The Hall–Kier alpha value is -0.0400. The van der Waals surface area contributed by atoms with Crippen LogP contribution in [0.4, 0.5) is 0 Å². The van der Waals surface area contributed by atoms with Crippen molar-refractivity contribution in [2.45, 2.75) is 139 Å². The van der Waals surface area contributed by atoms with Crippen LogP contribution in [0.5, 0.6) is 0 Å². The molecule has 1 nitrogen and oxygen atoms in total. The van der Waals surface area contributed by atoms with Gasteiger partial charge in [0.1, 0.15) is 0 Å². The second-order valence-corrected chi connectivity index (χ2v) is 12.6. The van der Waals surface area contributed by atoms with Crippen LogP contribution in [-0.4, -0.2) is 12.1 Å². The van der Waals surface area contributed by atoms with Gasteiger partial charge in [0, 0.05) is 12.1 Å². The van der Waals surface area contributed by atoms with Gasteiger partial charge in [0.15, 0.2) is 0 Å². The highest BCUT2D eigenvalue weighted by atomic mass is 15.0. The normalized spacial score (nSPS) is 42.0. The van der Waals surface area contributed by atoms with Crippen molar-refractivity contribution in [3.8, 4) is 0 Å². The van der Waals surface area contributed by atoms with Gasteiger partial charge in [-0.2, -0.15) is 0 Å². The molecule has 0 aromatic heterocycles. The molecule has 1 heteroatoms. The number of hydrogen-bond donors (Lipinski definition) is 1. The summed E-state index contributed by atoms with van der Waals surface area (Å²) in [7, 11) is 0. The molecule has 0 aromatic rings. The van der Waals surface area contributed by atoms with Crippen molar-refractivity contribution in [1.82, 2.24) is 5.32 Å². The van der Waals surface area contributed by atoms with Crippen molar-refractivity contribution in [3.63, 3.8) is 0 Å². The van der Waals surface area contributed by atoms with E-state index < -0.39 is 0 Å². The third-order valence-corrected chi connectivity index (χ3v) is 10.9. The summed E-state index contributed by atoms with van der Waals surface area (Å²) in [6.45, 7) is 24.8. The third kappa shape index (κ3) is 4.65. The van der Waals surface area contributed by atoms with Crippen molar-refractivity contribution in [3.05, 3.63) is 0 Å². The second kappa shape index (κ2) is 8.60. The Kier molecular flexibility index (Phi) is 7.44. The first kappa shape index (κ1) is 24.2. The standard InChI is InChI=1S/C27H53N/c1-11-27(18-16-25(9,17-19-27)21(4)5)23(7)28-22(6)26(10)14-12-24(8,13-15-26)20(2)3/h20-23,28H,11-19H2,1-10H3. The third-order valence-electron chi connectivity index (χ3n) is 10.9. The summed E-state index contributed by atoms with van der Waals surface area (Å²) in [5.74, 6) is 1.61. The molecule has 2 rings (SSSR count). The Labute approximate surface area is 178 Å². The van der Waals surface area contributed by atoms with Crippen LogP contribution in [0.1, 0.15) is 127 Å². The zero-order chi connectivity index (χ0) is 21.4. The van der Waals surface area contributed by atoms with E-state index in [1.807, 2.05) is 0 Å². The van der Waals surface area contributed by atoms with Gasteiger partial charge in [-0.15, -0.1) is 0 Å². The Morgan fingerprint density at radius 2 is 0.929 bits per heavy atom. The molecule has 0 saturated heterocycles. The predicted octanol–water partition coefficient (Wildman–Crippen LogP) is 8.23. The van der Waals surface area contributed by atoms with E-state index in [2.05, 4.69) is 74.6 Å². The molecule has 2 saturated carbocycles. The van der Waals surface area contributed by atoms with Crippen LogP contribution < -0.4 is 5.32 Å². The minimum atomic E-state index is 0.457. The molecule has 28 heavy (non-hydrogen) atoms. The average molecular weight is 392 g/mol. The van der Waals surface area contributed by atoms with E-state index in [4.69, 9.17) is 0 Å². The van der Waals surface area contributed by atoms with Gasteiger partial charge < -0.3 is 5.32 Å². The highest BCUT2D eigenvalue weighted by Gasteiger charge is 2.46. The van der Waals surface area contributed by atoms with Crippen molar-refractivity contribution in [2.75, 3.05) is 0 Å². The summed E-state index contributed by atoms with van der Waals surface area (Å²) in [6, 6.07) is 1.24. The van der Waals surface area contributed by atoms with E-state index in [1.54, 1.807) is 0 Å². The fraction of sp³-hybridized carbons (Fsp3) is 1.00. The topological polar surface area (TPSA) is 12.0 Å². The van der Waals surface area contributed by atoms with Crippen LogP contribution in [0, 0.1) is 33.5 Å². The molecule has 0 radical (unpaired) electrons. The molecule has 0 heterocycles. The molecule has 2 atom stereocenters. The lowest BCUT2D eigenvalue weighted by Gasteiger charge is -2.52. The molecule has 2 aliphatic carbocycles. The Morgan fingerprint density at radius 1 is 0.571 bits per heavy atom. The quantitative estimate of drug-likeness (QED) is 0.461. The van der Waals surface area contributed by atoms with Crippen LogP contribution in [0.2, 0.25) is 0 Å². The van der Waals surface area contributed by atoms with Crippen LogP contribution in [0.15, 0.2) is 0 Å². The maximum atomic E-state index is 4.16. The fourth-order valence-electron chi connectivity index (χ4n) is 6.14. The molecule has 1 N–H and O–H groups in total. The van der Waals surface area contributed by atoms with Crippen molar-refractivity contribution in [1.29, 1.82) is 0 Å². The number of rotatable bonds is 7. The van der Waals surface area contributed by atoms with E-state index in [1.165, 1.54) is 57.8 Å². The van der Waals surface area contributed by atoms with Crippen LogP contribution in [0.25, 0.3) is 0 Å². The maximum Gasteiger partial charge on any atom is 0.00977 e. The van der Waals surface area contributed by atoms with Gasteiger partial charge in [0.05, 0.1) is 0 Å². The molecule has 2 unspecified atom stereocenters. The Bertz CT molecular complexity index is 486. The summed E-state index contributed by atoms with van der Waals surface area (Å²) in [4.78, 5) is 0. The fourth-order valence-corrected chi connectivity index (χ4v) is 6.14. The zero-order valence-electron chi connectivity index (χ0n) is 21.2. The largest absolute Gasteiger partial charge is 0.311 e. The summed E-state index contributed by atoms with van der Waals surface area (Å²) in [5.41, 5.74) is 2.07. The average Bonchev–Trinajstić information content (AvgIpc) is 2.65. The molecule has 2 fully saturated rings. The smallest absolute Gasteiger partial charge is 0.00977 e. The first-order valence-corrected chi connectivity index (χ1v) is 12.6. The first-order valence-electron chi connectivity index (χ1n) is 12.6. The van der Waals surface area contributed by atoms with Gasteiger partial charge in [-0.05, 0) is 105 Å². The molecule has 0 aliphatic heterocycles. The van der Waals surface area contributed by atoms with Gasteiger partial charge in [-0.25, -0.2) is 0 Å². The molecular weight excluding hydrogens is 338 g/mol. The summed E-state index contributed by atoms with van der Waals surface area (Å²) >= 11 is 0. The summed E-state index contributed by atoms with van der Waals surface area (Å²) < 4.78 is 0.